The molecule has 0 saturated heterocycles. The summed E-state index contributed by atoms with van der Waals surface area (Å²) in [5, 5.41) is 8.30. The van der Waals surface area contributed by atoms with Gasteiger partial charge in [0.15, 0.2) is 0 Å². The van der Waals surface area contributed by atoms with E-state index in [4.69, 9.17) is 4.74 Å². The lowest BCUT2D eigenvalue weighted by atomic mass is 10.2. The van der Waals surface area contributed by atoms with Gasteiger partial charge in [-0.15, -0.1) is 11.3 Å². The summed E-state index contributed by atoms with van der Waals surface area (Å²) >= 11 is 5.23. The van der Waals surface area contributed by atoms with E-state index in [1.54, 1.807) is 11.3 Å². The number of ether oxygens (including phenoxy) is 1. The van der Waals surface area contributed by atoms with E-state index in [2.05, 4.69) is 38.9 Å². The lowest BCUT2D eigenvalue weighted by Gasteiger charge is -2.22. The first-order valence-corrected chi connectivity index (χ1v) is 8.41. The minimum atomic E-state index is -0.457. The van der Waals surface area contributed by atoms with Gasteiger partial charge in [-0.05, 0) is 54.6 Å². The summed E-state index contributed by atoms with van der Waals surface area (Å²) in [6.07, 6.45) is 0.578. The van der Waals surface area contributed by atoms with Crippen molar-refractivity contribution < 1.29 is 9.53 Å². The molecule has 0 spiro atoms. The zero-order valence-corrected chi connectivity index (χ0v) is 14.9. The first kappa shape index (κ1) is 17.5. The van der Waals surface area contributed by atoms with Crippen LogP contribution in [0.3, 0.4) is 0 Å². The van der Waals surface area contributed by atoms with Crippen LogP contribution in [0.2, 0.25) is 0 Å². The molecule has 0 aliphatic carbocycles. The van der Waals surface area contributed by atoms with Gasteiger partial charge >= 0.3 is 6.09 Å². The highest BCUT2D eigenvalue weighted by Crippen LogP contribution is 2.22. The molecule has 4 nitrogen and oxygen atoms in total. The first-order chi connectivity index (χ1) is 9.31. The number of hydrogen-bond acceptors (Lipinski definition) is 4. The van der Waals surface area contributed by atoms with Crippen molar-refractivity contribution in [2.45, 2.75) is 52.3 Å². The molecule has 1 unspecified atom stereocenters. The first-order valence-electron chi connectivity index (χ1n) is 6.74. The molecule has 0 fully saturated rings. The maximum absolute atomic E-state index is 11.6. The summed E-state index contributed by atoms with van der Waals surface area (Å²) in [5.74, 6) is 0. The van der Waals surface area contributed by atoms with E-state index in [1.807, 2.05) is 26.8 Å². The van der Waals surface area contributed by atoms with Crippen molar-refractivity contribution in [1.29, 1.82) is 0 Å². The minimum absolute atomic E-state index is 0.233. The number of halogens is 1. The Labute approximate surface area is 133 Å². The summed E-state index contributed by atoms with van der Waals surface area (Å²) in [4.78, 5) is 12.9. The monoisotopic (exact) mass is 362 g/mol. The highest BCUT2D eigenvalue weighted by atomic mass is 79.9. The van der Waals surface area contributed by atoms with E-state index in [-0.39, 0.29) is 12.1 Å². The molecule has 114 valence electrons. The quantitative estimate of drug-likeness (QED) is 0.806. The number of hydrogen-bond donors (Lipinski definition) is 2. The maximum Gasteiger partial charge on any atom is 0.407 e. The van der Waals surface area contributed by atoms with Crippen molar-refractivity contribution in [1.82, 2.24) is 10.6 Å². The fourth-order valence-corrected chi connectivity index (χ4v) is 3.01. The van der Waals surface area contributed by atoms with E-state index in [9.17, 15) is 4.79 Å². The second-order valence-electron chi connectivity index (χ2n) is 5.56. The van der Waals surface area contributed by atoms with E-state index < -0.39 is 5.60 Å². The Hall–Kier alpha value is -0.590. The maximum atomic E-state index is 11.6. The van der Waals surface area contributed by atoms with Gasteiger partial charge in [0.05, 0.1) is 0 Å². The minimum Gasteiger partial charge on any atom is -0.444 e. The van der Waals surface area contributed by atoms with Crippen LogP contribution in [-0.2, 0) is 11.3 Å². The lowest BCUT2D eigenvalue weighted by Crippen LogP contribution is -2.42. The van der Waals surface area contributed by atoms with Crippen LogP contribution in [0.4, 0.5) is 4.79 Å². The number of carbonyl (C=O) groups is 1. The molecule has 0 saturated carbocycles. The molecular formula is C14H23BrN2O2S. The fraction of sp³-hybridized carbons (Fsp3) is 0.643. The molecule has 1 atom stereocenters. The number of amides is 1. The summed E-state index contributed by atoms with van der Waals surface area (Å²) in [7, 11) is 0. The van der Waals surface area contributed by atoms with Crippen LogP contribution in [0.5, 0.6) is 0 Å². The summed E-state index contributed by atoms with van der Waals surface area (Å²) < 4.78 is 6.35. The van der Waals surface area contributed by atoms with Crippen LogP contribution >= 0.6 is 27.3 Å². The molecule has 20 heavy (non-hydrogen) atoms. The molecule has 0 bridgehead atoms. The van der Waals surface area contributed by atoms with Gasteiger partial charge in [0.2, 0.25) is 0 Å². The van der Waals surface area contributed by atoms with Crippen molar-refractivity contribution in [3.63, 3.8) is 0 Å². The molecule has 1 heterocycles. The zero-order valence-electron chi connectivity index (χ0n) is 12.5. The number of thiophene rings is 1. The SMILES string of the molecule is CCC(CNC(=O)OC(C)(C)C)NCc1sccc1Br. The molecule has 0 radical (unpaired) electrons. The molecule has 1 amide bonds. The van der Waals surface area contributed by atoms with Gasteiger partial charge < -0.3 is 15.4 Å². The topological polar surface area (TPSA) is 50.4 Å². The third-order valence-corrected chi connectivity index (χ3v) is 4.55. The Morgan fingerprint density at radius 2 is 2.20 bits per heavy atom. The predicted molar refractivity (Wildman–Crippen MR) is 87.2 cm³/mol. The standard InChI is InChI=1S/C14H23BrN2O2S/c1-5-10(8-17-13(18)19-14(2,3)4)16-9-12-11(15)6-7-20-12/h6-7,10,16H,5,8-9H2,1-4H3,(H,17,18). The van der Waals surface area contributed by atoms with E-state index in [0.717, 1.165) is 17.4 Å². The number of nitrogens with one attached hydrogen (secondary N) is 2. The molecule has 6 heteroatoms. The highest BCUT2D eigenvalue weighted by molar-refractivity contribution is 9.10. The Bertz CT molecular complexity index is 429. The average molecular weight is 363 g/mol. The van der Waals surface area contributed by atoms with E-state index in [1.165, 1.54) is 4.88 Å². The Balaban J connectivity index is 2.33. The van der Waals surface area contributed by atoms with Gasteiger partial charge in [0.1, 0.15) is 5.60 Å². The van der Waals surface area contributed by atoms with Crippen LogP contribution in [0, 0.1) is 0 Å². The smallest absolute Gasteiger partial charge is 0.407 e. The van der Waals surface area contributed by atoms with Crippen molar-refractivity contribution in [3.8, 4) is 0 Å². The van der Waals surface area contributed by atoms with Crippen LogP contribution in [-0.4, -0.2) is 24.3 Å². The van der Waals surface area contributed by atoms with Crippen LogP contribution in [0.15, 0.2) is 15.9 Å². The van der Waals surface area contributed by atoms with E-state index >= 15 is 0 Å². The molecule has 1 aromatic heterocycles. The van der Waals surface area contributed by atoms with Gasteiger partial charge in [-0.1, -0.05) is 6.92 Å². The Morgan fingerprint density at radius 1 is 1.50 bits per heavy atom. The van der Waals surface area contributed by atoms with Crippen LogP contribution in [0.1, 0.15) is 39.0 Å². The van der Waals surface area contributed by atoms with Crippen LogP contribution in [0.25, 0.3) is 0 Å². The van der Waals surface area contributed by atoms with Crippen LogP contribution < -0.4 is 10.6 Å². The van der Waals surface area contributed by atoms with Crippen molar-refractivity contribution in [3.05, 3.63) is 20.8 Å². The summed E-state index contributed by atoms with van der Waals surface area (Å²) in [6.45, 7) is 9.03. The Morgan fingerprint density at radius 3 is 2.70 bits per heavy atom. The fourth-order valence-electron chi connectivity index (χ4n) is 1.57. The van der Waals surface area contributed by atoms with E-state index in [0.29, 0.717) is 6.54 Å². The van der Waals surface area contributed by atoms with Gasteiger partial charge in [0.25, 0.3) is 0 Å². The van der Waals surface area contributed by atoms with Gasteiger partial charge in [0, 0.05) is 28.5 Å². The van der Waals surface area contributed by atoms with Crippen molar-refractivity contribution in [2.75, 3.05) is 6.54 Å². The normalized spacial score (nSPS) is 13.1. The highest BCUT2D eigenvalue weighted by Gasteiger charge is 2.17. The summed E-state index contributed by atoms with van der Waals surface area (Å²) in [6, 6.07) is 2.28. The van der Waals surface area contributed by atoms with Crippen molar-refractivity contribution in [2.24, 2.45) is 0 Å². The number of alkyl carbamates (subject to hydrolysis) is 1. The lowest BCUT2D eigenvalue weighted by molar-refractivity contribution is 0.0522. The predicted octanol–water partition coefficient (Wildman–Crippen LogP) is 3.90. The number of carbonyl (C=O) groups excluding carboxylic acids is 1. The van der Waals surface area contributed by atoms with Gasteiger partial charge in [-0.25, -0.2) is 4.79 Å². The molecule has 0 aliphatic heterocycles. The molecule has 0 aliphatic rings. The second-order valence-corrected chi connectivity index (χ2v) is 7.42. The molecule has 1 aromatic rings. The Kier molecular flexibility index (Phi) is 6.99. The third-order valence-electron chi connectivity index (χ3n) is 2.63. The second kappa shape index (κ2) is 8.00. The zero-order chi connectivity index (χ0) is 15.2. The molecule has 0 aromatic carbocycles. The third kappa shape index (κ3) is 6.72. The summed E-state index contributed by atoms with van der Waals surface area (Å²) in [5.41, 5.74) is -0.457. The largest absolute Gasteiger partial charge is 0.444 e. The molecule has 1 rings (SSSR count). The van der Waals surface area contributed by atoms with Gasteiger partial charge in [-0.2, -0.15) is 0 Å². The van der Waals surface area contributed by atoms with Crippen molar-refractivity contribution >= 4 is 33.4 Å². The molecule has 2 N–H and O–H groups in total. The number of rotatable bonds is 6. The molecular weight excluding hydrogens is 340 g/mol. The average Bonchev–Trinajstić information content (AvgIpc) is 2.73. The van der Waals surface area contributed by atoms with Gasteiger partial charge in [-0.3, -0.25) is 0 Å².